The predicted octanol–water partition coefficient (Wildman–Crippen LogP) is 5.05. The van der Waals surface area contributed by atoms with E-state index >= 15 is 0 Å². The van der Waals surface area contributed by atoms with Gasteiger partial charge < -0.3 is 4.90 Å². The van der Waals surface area contributed by atoms with Gasteiger partial charge in [-0.3, -0.25) is 4.90 Å². The van der Waals surface area contributed by atoms with Gasteiger partial charge in [-0.25, -0.2) is 0 Å². The minimum Gasteiger partial charge on any atom is -0.369 e. The first-order valence-corrected chi connectivity index (χ1v) is 8.47. The van der Waals surface area contributed by atoms with Crippen LogP contribution in [0.2, 0.25) is 10.0 Å². The van der Waals surface area contributed by atoms with Gasteiger partial charge in [0.2, 0.25) is 0 Å². The number of hydrogen-bond acceptors (Lipinski definition) is 2. The summed E-state index contributed by atoms with van der Waals surface area (Å²) in [4.78, 5) is 4.61. The Morgan fingerprint density at radius 1 is 0.818 bits per heavy atom. The molecule has 0 bridgehead atoms. The maximum atomic E-state index is 6.59. The smallest absolute Gasteiger partial charge is 0.111 e. The van der Waals surface area contributed by atoms with E-state index in [0.29, 0.717) is 10.0 Å². The number of rotatable bonds is 3. The van der Waals surface area contributed by atoms with Crippen LogP contribution in [0.15, 0.2) is 48.5 Å². The Morgan fingerprint density at radius 3 is 2.14 bits per heavy atom. The highest BCUT2D eigenvalue weighted by atomic mass is 35.5. The molecular weight excluding hydrogens is 339 g/mol. The average Bonchev–Trinajstić information content (AvgIpc) is 2.58. The quantitative estimate of drug-likeness (QED) is 0.561. The van der Waals surface area contributed by atoms with Crippen molar-refractivity contribution in [1.29, 1.82) is 0 Å². The standard InChI is InChI=1S/C17H17Cl3N2/c18-15-7-6-14(12-16(15)19)21-8-10-22(11-9-21)17(20)13-4-2-1-3-5-13/h1-7,12,17H,8-11H2. The molecular formula is C17H17Cl3N2. The van der Waals surface area contributed by atoms with Gasteiger partial charge in [0.1, 0.15) is 5.50 Å². The van der Waals surface area contributed by atoms with Crippen molar-refractivity contribution >= 4 is 40.5 Å². The molecule has 0 radical (unpaired) electrons. The minimum atomic E-state index is -0.0721. The molecule has 3 rings (SSSR count). The molecule has 22 heavy (non-hydrogen) atoms. The predicted molar refractivity (Wildman–Crippen MR) is 95.3 cm³/mol. The maximum absolute atomic E-state index is 6.59. The Labute approximate surface area is 146 Å². The fraction of sp³-hybridized carbons (Fsp3) is 0.294. The van der Waals surface area contributed by atoms with Crippen molar-refractivity contribution in [2.45, 2.75) is 5.50 Å². The van der Waals surface area contributed by atoms with Gasteiger partial charge in [0, 0.05) is 31.9 Å². The zero-order valence-electron chi connectivity index (χ0n) is 12.1. The Balaban J connectivity index is 1.64. The van der Waals surface area contributed by atoms with E-state index in [1.807, 2.05) is 36.4 Å². The van der Waals surface area contributed by atoms with E-state index in [4.69, 9.17) is 34.8 Å². The van der Waals surface area contributed by atoms with Crippen molar-refractivity contribution in [2.75, 3.05) is 31.1 Å². The van der Waals surface area contributed by atoms with Crippen molar-refractivity contribution in [1.82, 2.24) is 4.90 Å². The average molecular weight is 356 g/mol. The summed E-state index contributed by atoms with van der Waals surface area (Å²) in [5, 5.41) is 1.19. The molecule has 116 valence electrons. The Kier molecular flexibility index (Phi) is 5.14. The van der Waals surface area contributed by atoms with Crippen LogP contribution >= 0.6 is 34.8 Å². The number of benzene rings is 2. The monoisotopic (exact) mass is 354 g/mol. The van der Waals surface area contributed by atoms with Gasteiger partial charge in [0.15, 0.2) is 0 Å². The van der Waals surface area contributed by atoms with Gasteiger partial charge in [-0.05, 0) is 23.8 Å². The molecule has 1 saturated heterocycles. The van der Waals surface area contributed by atoms with E-state index in [9.17, 15) is 0 Å². The molecule has 1 atom stereocenters. The number of halogens is 3. The normalized spacial score (nSPS) is 17.5. The third-order valence-electron chi connectivity index (χ3n) is 3.98. The van der Waals surface area contributed by atoms with Crippen LogP contribution in [0.3, 0.4) is 0 Å². The molecule has 0 aromatic heterocycles. The molecule has 1 aliphatic heterocycles. The summed E-state index contributed by atoms with van der Waals surface area (Å²) < 4.78 is 0. The lowest BCUT2D eigenvalue weighted by Crippen LogP contribution is -2.46. The third kappa shape index (κ3) is 3.52. The molecule has 1 fully saturated rings. The second kappa shape index (κ2) is 7.10. The summed E-state index contributed by atoms with van der Waals surface area (Å²) in [6, 6.07) is 16.0. The summed E-state index contributed by atoms with van der Waals surface area (Å²) in [5.41, 5.74) is 2.18. The molecule has 2 aromatic rings. The number of piperazine rings is 1. The summed E-state index contributed by atoms with van der Waals surface area (Å²) in [7, 11) is 0. The van der Waals surface area contributed by atoms with Crippen molar-refractivity contribution in [3.05, 3.63) is 64.1 Å². The Morgan fingerprint density at radius 2 is 1.50 bits per heavy atom. The number of nitrogens with zero attached hydrogens (tertiary/aromatic N) is 2. The lowest BCUT2D eigenvalue weighted by atomic mass is 10.2. The molecule has 0 spiro atoms. The maximum Gasteiger partial charge on any atom is 0.111 e. The first-order valence-electron chi connectivity index (χ1n) is 7.28. The molecule has 0 N–H and O–H groups in total. The summed E-state index contributed by atoms with van der Waals surface area (Å²) in [6.07, 6.45) is 0. The first kappa shape index (κ1) is 15.9. The lowest BCUT2D eigenvalue weighted by molar-refractivity contribution is 0.238. The van der Waals surface area contributed by atoms with Gasteiger partial charge in [-0.1, -0.05) is 53.5 Å². The fourth-order valence-electron chi connectivity index (χ4n) is 2.71. The van der Waals surface area contributed by atoms with Crippen LogP contribution in [-0.2, 0) is 0 Å². The largest absolute Gasteiger partial charge is 0.369 e. The van der Waals surface area contributed by atoms with E-state index in [1.54, 1.807) is 0 Å². The topological polar surface area (TPSA) is 6.48 Å². The van der Waals surface area contributed by atoms with Gasteiger partial charge in [-0.15, -0.1) is 11.6 Å². The molecule has 2 nitrogen and oxygen atoms in total. The van der Waals surface area contributed by atoms with Gasteiger partial charge in [0.05, 0.1) is 10.0 Å². The molecule has 5 heteroatoms. The molecule has 2 aromatic carbocycles. The van der Waals surface area contributed by atoms with E-state index in [2.05, 4.69) is 21.9 Å². The van der Waals surface area contributed by atoms with Crippen molar-refractivity contribution < 1.29 is 0 Å². The van der Waals surface area contributed by atoms with Crippen LogP contribution in [0, 0.1) is 0 Å². The second-order valence-electron chi connectivity index (χ2n) is 5.37. The molecule has 0 aliphatic carbocycles. The van der Waals surface area contributed by atoms with Crippen molar-refractivity contribution in [3.63, 3.8) is 0 Å². The fourth-order valence-corrected chi connectivity index (χ4v) is 3.34. The minimum absolute atomic E-state index is 0.0721. The third-order valence-corrected chi connectivity index (χ3v) is 5.24. The molecule has 0 amide bonds. The van der Waals surface area contributed by atoms with Crippen molar-refractivity contribution in [2.24, 2.45) is 0 Å². The van der Waals surface area contributed by atoms with Gasteiger partial charge >= 0.3 is 0 Å². The van der Waals surface area contributed by atoms with Crippen LogP contribution in [0.4, 0.5) is 5.69 Å². The zero-order chi connectivity index (χ0) is 15.5. The van der Waals surface area contributed by atoms with E-state index in [-0.39, 0.29) is 5.50 Å². The van der Waals surface area contributed by atoms with Crippen LogP contribution in [0.1, 0.15) is 11.1 Å². The van der Waals surface area contributed by atoms with Crippen LogP contribution < -0.4 is 4.90 Å². The second-order valence-corrected chi connectivity index (χ2v) is 6.60. The molecule has 1 unspecified atom stereocenters. The highest BCUT2D eigenvalue weighted by molar-refractivity contribution is 6.42. The van der Waals surface area contributed by atoms with Gasteiger partial charge in [-0.2, -0.15) is 0 Å². The van der Waals surface area contributed by atoms with Crippen molar-refractivity contribution in [3.8, 4) is 0 Å². The molecule has 1 aliphatic rings. The zero-order valence-corrected chi connectivity index (χ0v) is 14.3. The van der Waals surface area contributed by atoms with Gasteiger partial charge in [0.25, 0.3) is 0 Å². The lowest BCUT2D eigenvalue weighted by Gasteiger charge is -2.38. The van der Waals surface area contributed by atoms with Crippen LogP contribution in [0.5, 0.6) is 0 Å². The van der Waals surface area contributed by atoms with E-state index < -0.39 is 0 Å². The van der Waals surface area contributed by atoms with Crippen LogP contribution in [0.25, 0.3) is 0 Å². The number of hydrogen-bond donors (Lipinski definition) is 0. The summed E-state index contributed by atoms with van der Waals surface area (Å²) >= 11 is 18.7. The SMILES string of the molecule is Clc1ccc(N2CCN(C(Cl)c3ccccc3)CC2)cc1Cl. The number of alkyl halides is 1. The van der Waals surface area contributed by atoms with Crippen LogP contribution in [-0.4, -0.2) is 31.1 Å². The van der Waals surface area contributed by atoms with E-state index in [0.717, 1.165) is 37.4 Å². The summed E-state index contributed by atoms with van der Waals surface area (Å²) in [6.45, 7) is 3.69. The molecule has 0 saturated carbocycles. The first-order chi connectivity index (χ1) is 10.6. The molecule has 1 heterocycles. The Hall–Kier alpha value is -0.930. The number of anilines is 1. The summed E-state index contributed by atoms with van der Waals surface area (Å²) in [5.74, 6) is 0. The Bertz CT molecular complexity index is 625. The highest BCUT2D eigenvalue weighted by Crippen LogP contribution is 2.30. The highest BCUT2D eigenvalue weighted by Gasteiger charge is 2.23. The van der Waals surface area contributed by atoms with E-state index in [1.165, 1.54) is 0 Å².